The van der Waals surface area contributed by atoms with Crippen LogP contribution in [0.2, 0.25) is 0 Å². The van der Waals surface area contributed by atoms with E-state index < -0.39 is 5.60 Å². The summed E-state index contributed by atoms with van der Waals surface area (Å²) in [6.07, 6.45) is 1.28. The largest absolute Gasteiger partial charge is 0.444 e. The highest BCUT2D eigenvalue weighted by Crippen LogP contribution is 2.17. The van der Waals surface area contributed by atoms with Gasteiger partial charge in [-0.3, -0.25) is 0 Å². The SMILES string of the molecule is CN1CCCN(C(=O)OC(C)(C)C)C(CCO)C1. The molecule has 0 radical (unpaired) electrons. The van der Waals surface area contributed by atoms with Crippen molar-refractivity contribution in [3.63, 3.8) is 0 Å². The quantitative estimate of drug-likeness (QED) is 0.811. The number of nitrogens with zero attached hydrogens (tertiary/aromatic N) is 2. The number of ether oxygens (including phenoxy) is 1. The van der Waals surface area contributed by atoms with Crippen LogP contribution in [0.1, 0.15) is 33.6 Å². The zero-order valence-corrected chi connectivity index (χ0v) is 12.0. The lowest BCUT2D eigenvalue weighted by molar-refractivity contribution is 0.0142. The van der Waals surface area contributed by atoms with Gasteiger partial charge in [0.25, 0.3) is 0 Å². The van der Waals surface area contributed by atoms with Crippen molar-refractivity contribution >= 4 is 6.09 Å². The van der Waals surface area contributed by atoms with Gasteiger partial charge in [-0.25, -0.2) is 4.79 Å². The third kappa shape index (κ3) is 4.82. The van der Waals surface area contributed by atoms with E-state index in [-0.39, 0.29) is 18.7 Å². The standard InChI is InChI=1S/C13H26N2O3/c1-13(2,3)18-12(17)15-8-5-7-14(4)10-11(15)6-9-16/h11,16H,5-10H2,1-4H3. The van der Waals surface area contributed by atoms with Gasteiger partial charge in [0.15, 0.2) is 0 Å². The van der Waals surface area contributed by atoms with Crippen molar-refractivity contribution in [1.82, 2.24) is 9.80 Å². The molecule has 0 aromatic heterocycles. The predicted molar refractivity (Wildman–Crippen MR) is 70.5 cm³/mol. The molecule has 0 aromatic carbocycles. The normalized spacial score (nSPS) is 22.7. The van der Waals surface area contributed by atoms with Crippen molar-refractivity contribution in [3.05, 3.63) is 0 Å². The molecule has 5 heteroatoms. The molecule has 0 bridgehead atoms. The minimum absolute atomic E-state index is 0.0392. The molecule has 0 aromatic rings. The zero-order chi connectivity index (χ0) is 13.8. The van der Waals surface area contributed by atoms with E-state index >= 15 is 0 Å². The number of hydrogen-bond donors (Lipinski definition) is 1. The van der Waals surface area contributed by atoms with Crippen LogP contribution in [0.4, 0.5) is 4.79 Å². The second-order valence-electron chi connectivity index (χ2n) is 5.96. The Hall–Kier alpha value is -0.810. The monoisotopic (exact) mass is 258 g/mol. The Kier molecular flexibility index (Phi) is 5.41. The molecule has 1 atom stereocenters. The molecule has 0 spiro atoms. The fourth-order valence-electron chi connectivity index (χ4n) is 2.20. The van der Waals surface area contributed by atoms with Crippen molar-refractivity contribution < 1.29 is 14.6 Å². The molecule has 106 valence electrons. The Labute approximate surface area is 110 Å². The number of carbonyl (C=O) groups excluding carboxylic acids is 1. The van der Waals surface area contributed by atoms with Gasteiger partial charge in [0.1, 0.15) is 5.60 Å². The molecular weight excluding hydrogens is 232 g/mol. The number of rotatable bonds is 2. The van der Waals surface area contributed by atoms with Gasteiger partial charge in [0.2, 0.25) is 0 Å². The van der Waals surface area contributed by atoms with Crippen LogP contribution >= 0.6 is 0 Å². The lowest BCUT2D eigenvalue weighted by Gasteiger charge is -2.32. The number of carbonyl (C=O) groups is 1. The molecule has 1 aliphatic rings. The fourth-order valence-corrected chi connectivity index (χ4v) is 2.20. The third-order valence-corrected chi connectivity index (χ3v) is 2.99. The molecule has 18 heavy (non-hydrogen) atoms. The van der Waals surface area contributed by atoms with Gasteiger partial charge in [0, 0.05) is 25.7 Å². The summed E-state index contributed by atoms with van der Waals surface area (Å²) in [6.45, 7) is 8.17. The first-order valence-corrected chi connectivity index (χ1v) is 6.62. The highest BCUT2D eigenvalue weighted by Gasteiger charge is 2.30. The van der Waals surface area contributed by atoms with Crippen LogP contribution in [0.25, 0.3) is 0 Å². The lowest BCUT2D eigenvalue weighted by Crippen LogP contribution is -2.46. The van der Waals surface area contributed by atoms with E-state index in [1.54, 1.807) is 4.90 Å². The van der Waals surface area contributed by atoms with Crippen molar-refractivity contribution in [2.24, 2.45) is 0 Å². The Morgan fingerprint density at radius 2 is 2.06 bits per heavy atom. The first-order chi connectivity index (χ1) is 8.33. The number of aliphatic hydroxyl groups excluding tert-OH is 1. The Morgan fingerprint density at radius 3 is 2.61 bits per heavy atom. The fraction of sp³-hybridized carbons (Fsp3) is 0.923. The van der Waals surface area contributed by atoms with Crippen molar-refractivity contribution in [1.29, 1.82) is 0 Å². The summed E-state index contributed by atoms with van der Waals surface area (Å²) >= 11 is 0. The van der Waals surface area contributed by atoms with E-state index in [9.17, 15) is 4.79 Å². The molecule has 1 amide bonds. The van der Waals surface area contributed by atoms with E-state index in [2.05, 4.69) is 4.90 Å². The first-order valence-electron chi connectivity index (χ1n) is 6.62. The molecule has 1 N–H and O–H groups in total. The summed E-state index contributed by atoms with van der Waals surface area (Å²) in [6, 6.07) is 0.0392. The van der Waals surface area contributed by atoms with Crippen molar-refractivity contribution in [2.45, 2.75) is 45.3 Å². The molecule has 1 saturated heterocycles. The second-order valence-corrected chi connectivity index (χ2v) is 5.96. The first kappa shape index (κ1) is 15.2. The highest BCUT2D eigenvalue weighted by molar-refractivity contribution is 5.68. The maximum Gasteiger partial charge on any atom is 0.410 e. The maximum atomic E-state index is 12.2. The van der Waals surface area contributed by atoms with Gasteiger partial charge in [0.05, 0.1) is 0 Å². The van der Waals surface area contributed by atoms with Gasteiger partial charge >= 0.3 is 6.09 Å². The Balaban J connectivity index is 2.71. The van der Waals surface area contributed by atoms with Crippen LogP contribution in [0.15, 0.2) is 0 Å². The van der Waals surface area contributed by atoms with Gasteiger partial charge in [-0.2, -0.15) is 0 Å². The van der Waals surface area contributed by atoms with Crippen molar-refractivity contribution in [2.75, 3.05) is 33.3 Å². The molecule has 1 fully saturated rings. The maximum absolute atomic E-state index is 12.2. The summed E-state index contributed by atoms with van der Waals surface area (Å²) < 4.78 is 5.43. The van der Waals surface area contributed by atoms with Gasteiger partial charge in [-0.05, 0) is 47.2 Å². The number of amides is 1. The average Bonchev–Trinajstić information content (AvgIpc) is 2.38. The highest BCUT2D eigenvalue weighted by atomic mass is 16.6. The Morgan fingerprint density at radius 1 is 1.39 bits per heavy atom. The zero-order valence-electron chi connectivity index (χ0n) is 12.0. The molecule has 0 aliphatic carbocycles. The molecule has 1 aliphatic heterocycles. The van der Waals surface area contributed by atoms with Crippen molar-refractivity contribution in [3.8, 4) is 0 Å². The molecule has 1 unspecified atom stereocenters. The smallest absolute Gasteiger partial charge is 0.410 e. The summed E-state index contributed by atoms with van der Waals surface area (Å²) in [7, 11) is 2.04. The molecule has 1 heterocycles. The molecule has 5 nitrogen and oxygen atoms in total. The number of hydrogen-bond acceptors (Lipinski definition) is 4. The van der Waals surface area contributed by atoms with Gasteiger partial charge in [-0.15, -0.1) is 0 Å². The van der Waals surface area contributed by atoms with E-state index in [1.807, 2.05) is 27.8 Å². The van der Waals surface area contributed by atoms with Crippen LogP contribution in [-0.2, 0) is 4.74 Å². The average molecular weight is 258 g/mol. The van der Waals surface area contributed by atoms with E-state index in [0.29, 0.717) is 13.0 Å². The molecular formula is C13H26N2O3. The number of aliphatic hydroxyl groups is 1. The van der Waals surface area contributed by atoms with Crippen LogP contribution in [0, 0.1) is 0 Å². The van der Waals surface area contributed by atoms with Gasteiger partial charge in [-0.1, -0.05) is 0 Å². The summed E-state index contributed by atoms with van der Waals surface area (Å²) in [5.41, 5.74) is -0.473. The lowest BCUT2D eigenvalue weighted by atomic mass is 10.1. The Bertz CT molecular complexity index is 276. The second kappa shape index (κ2) is 6.38. The summed E-state index contributed by atoms with van der Waals surface area (Å²) in [5, 5.41) is 9.13. The molecule has 0 saturated carbocycles. The van der Waals surface area contributed by atoms with E-state index in [0.717, 1.165) is 19.5 Å². The summed E-state index contributed by atoms with van der Waals surface area (Å²) in [4.78, 5) is 16.1. The third-order valence-electron chi connectivity index (χ3n) is 2.99. The van der Waals surface area contributed by atoms with E-state index in [4.69, 9.17) is 9.84 Å². The summed E-state index contributed by atoms with van der Waals surface area (Å²) in [5.74, 6) is 0. The van der Waals surface area contributed by atoms with Crippen LogP contribution < -0.4 is 0 Å². The predicted octanol–water partition coefficient (Wildman–Crippen LogP) is 1.31. The van der Waals surface area contributed by atoms with Crippen LogP contribution in [-0.4, -0.2) is 65.9 Å². The topological polar surface area (TPSA) is 53.0 Å². The number of likely N-dealkylation sites (N-methyl/N-ethyl adjacent to an activating group) is 1. The van der Waals surface area contributed by atoms with E-state index in [1.165, 1.54) is 0 Å². The minimum Gasteiger partial charge on any atom is -0.444 e. The van der Waals surface area contributed by atoms with Gasteiger partial charge < -0.3 is 19.6 Å². The van der Waals surface area contributed by atoms with Crippen LogP contribution in [0.5, 0.6) is 0 Å². The molecule has 1 rings (SSSR count). The van der Waals surface area contributed by atoms with Crippen LogP contribution in [0.3, 0.4) is 0 Å². The minimum atomic E-state index is -0.473.